The molecule has 34 heavy (non-hydrogen) atoms. The number of thiazole rings is 1. The molecule has 8 heteroatoms. The first-order valence-corrected chi connectivity index (χ1v) is 13.4. The zero-order chi connectivity index (χ0) is 24.7. The minimum atomic E-state index is -0.789. The summed E-state index contributed by atoms with van der Waals surface area (Å²) in [6.45, 7) is 2.15. The van der Waals surface area contributed by atoms with Crippen LogP contribution in [0.2, 0.25) is 0 Å². The summed E-state index contributed by atoms with van der Waals surface area (Å²) in [4.78, 5) is 15.4. The molecule has 0 aliphatic heterocycles. The van der Waals surface area contributed by atoms with Crippen molar-refractivity contribution in [2.24, 2.45) is 11.8 Å². The maximum Gasteiger partial charge on any atom is 0.352 e. The number of methoxy groups -OCH3 is 1. The average Bonchev–Trinajstić information content (AvgIpc) is 3.32. The van der Waals surface area contributed by atoms with E-state index in [2.05, 4.69) is 28.8 Å². The molecule has 0 bridgehead atoms. The van der Waals surface area contributed by atoms with Crippen LogP contribution in [-0.4, -0.2) is 39.8 Å². The molecule has 0 radical (unpaired) electrons. The molecule has 1 aromatic heterocycles. The Kier molecular flexibility index (Phi) is 10.3. The van der Waals surface area contributed by atoms with Gasteiger partial charge in [-0.15, -0.1) is 22.9 Å². The Bertz CT molecular complexity index is 939. The third-order valence-corrected chi connectivity index (χ3v) is 8.36. The lowest BCUT2D eigenvalue weighted by atomic mass is 9.84. The summed E-state index contributed by atoms with van der Waals surface area (Å²) in [6, 6.07) is 8.07. The van der Waals surface area contributed by atoms with Crippen LogP contribution in [0.15, 0.2) is 24.3 Å². The molecule has 5 atom stereocenters. The lowest BCUT2D eigenvalue weighted by Gasteiger charge is -2.24. The molecule has 1 aliphatic carbocycles. The summed E-state index contributed by atoms with van der Waals surface area (Å²) in [5, 5.41) is 21.6. The fourth-order valence-electron chi connectivity index (χ4n) is 4.93. The highest BCUT2D eigenvalue weighted by molar-refractivity contribution is 7.13. The second-order valence-corrected chi connectivity index (χ2v) is 10.9. The number of hydrogen-bond acceptors (Lipinski definition) is 6. The molecule has 1 aliphatic rings. The lowest BCUT2D eigenvalue weighted by Crippen LogP contribution is -2.23. The van der Waals surface area contributed by atoms with Gasteiger partial charge in [-0.3, -0.25) is 0 Å². The van der Waals surface area contributed by atoms with E-state index in [1.165, 1.54) is 7.11 Å². The number of hydrogen-bond donors (Lipinski definition) is 2. The topological polar surface area (TPSA) is 79.7 Å². The molecule has 0 saturated heterocycles. The summed E-state index contributed by atoms with van der Waals surface area (Å²) < 4.78 is 18.5. The molecule has 1 aromatic carbocycles. The number of benzene rings is 1. The van der Waals surface area contributed by atoms with Crippen LogP contribution in [0.1, 0.15) is 83.8 Å². The van der Waals surface area contributed by atoms with Crippen LogP contribution in [0.5, 0.6) is 0 Å². The monoisotopic (exact) mass is 511 g/mol. The minimum Gasteiger partial charge on any atom is -0.465 e. The highest BCUT2D eigenvalue weighted by Crippen LogP contribution is 2.41. The molecule has 188 valence electrons. The number of alkyl halides is 1. The van der Waals surface area contributed by atoms with E-state index in [1.807, 2.05) is 12.1 Å². The summed E-state index contributed by atoms with van der Waals surface area (Å²) in [5.41, 5.74) is 2.05. The van der Waals surface area contributed by atoms with Crippen molar-refractivity contribution < 1.29 is 24.1 Å². The number of carbonyl (C=O) groups is 1. The fraction of sp³-hybridized carbons (Fsp3) is 0.615. The third kappa shape index (κ3) is 7.00. The molecule has 1 heterocycles. The van der Waals surface area contributed by atoms with E-state index >= 15 is 0 Å². The van der Waals surface area contributed by atoms with Gasteiger partial charge in [0, 0.05) is 5.38 Å². The van der Waals surface area contributed by atoms with Gasteiger partial charge in [0.05, 0.1) is 24.3 Å². The number of halogens is 2. The van der Waals surface area contributed by atoms with Crippen molar-refractivity contribution in [3.63, 3.8) is 0 Å². The fourth-order valence-corrected chi connectivity index (χ4v) is 6.29. The number of aliphatic hydroxyl groups is 2. The van der Waals surface area contributed by atoms with E-state index in [1.54, 1.807) is 0 Å². The highest BCUT2D eigenvalue weighted by Gasteiger charge is 2.41. The van der Waals surface area contributed by atoms with Gasteiger partial charge in [-0.25, -0.2) is 9.78 Å². The van der Waals surface area contributed by atoms with Crippen molar-refractivity contribution in [3.05, 3.63) is 51.2 Å². The lowest BCUT2D eigenvalue weighted by molar-refractivity contribution is 0.0600. The molecule has 5 nitrogen and oxygen atoms in total. The number of rotatable bonds is 12. The largest absolute Gasteiger partial charge is 0.465 e. The van der Waals surface area contributed by atoms with Gasteiger partial charge in [0.1, 0.15) is 0 Å². The van der Waals surface area contributed by atoms with Crippen molar-refractivity contribution in [2.45, 2.75) is 82.3 Å². The number of esters is 1. The van der Waals surface area contributed by atoms with E-state index < -0.39 is 24.1 Å². The van der Waals surface area contributed by atoms with Gasteiger partial charge in [-0.1, -0.05) is 50.5 Å². The smallest absolute Gasteiger partial charge is 0.352 e. The summed E-state index contributed by atoms with van der Waals surface area (Å²) >= 11 is 7.67. The maximum absolute atomic E-state index is 13.9. The standard InChI is InChI=1S/C26H35ClFNO4S/c1-3-4-5-11-21(30)17-9-6-8-16(13-17)14-19-18(22(31)15-20(19)27)10-7-12-23-29-25(28)24(34-23)26(32)33-2/h6,8-9,13,18-22,30-31H,3-5,7,10-12,14-15H2,1-2H3/t18-,19?,20?,21?,22?/m1/s1. The molecular formula is C26H35ClFNO4S. The molecule has 0 spiro atoms. The molecule has 2 N–H and O–H groups in total. The third-order valence-electron chi connectivity index (χ3n) is 6.79. The summed E-state index contributed by atoms with van der Waals surface area (Å²) in [5.74, 6) is -1.35. The van der Waals surface area contributed by atoms with E-state index in [-0.39, 0.29) is 22.1 Å². The van der Waals surface area contributed by atoms with E-state index in [0.29, 0.717) is 24.3 Å². The SMILES string of the molecule is CCCCCC(O)c1cccc(CC2C(Cl)CC(O)[C@@H]2CCCc2nc(F)c(C(=O)OC)s2)c1. The Balaban J connectivity index is 1.60. The average molecular weight is 512 g/mol. The zero-order valence-corrected chi connectivity index (χ0v) is 21.5. The first kappa shape index (κ1) is 27.1. The second kappa shape index (κ2) is 13.0. The van der Waals surface area contributed by atoms with Gasteiger partial charge in [0.2, 0.25) is 5.95 Å². The Morgan fingerprint density at radius 3 is 2.85 bits per heavy atom. The molecular weight excluding hydrogens is 477 g/mol. The van der Waals surface area contributed by atoms with Crippen molar-refractivity contribution in [3.8, 4) is 0 Å². The number of ether oxygens (including phenoxy) is 1. The van der Waals surface area contributed by atoms with Crippen molar-refractivity contribution in [2.75, 3.05) is 7.11 Å². The molecule has 4 unspecified atom stereocenters. The molecule has 0 amide bonds. The quantitative estimate of drug-likeness (QED) is 0.212. The second-order valence-electron chi connectivity index (χ2n) is 9.22. The van der Waals surface area contributed by atoms with Crippen LogP contribution in [0.25, 0.3) is 0 Å². The number of nitrogens with zero attached hydrogens (tertiary/aromatic N) is 1. The van der Waals surface area contributed by atoms with Crippen molar-refractivity contribution in [1.82, 2.24) is 4.98 Å². The van der Waals surface area contributed by atoms with Gasteiger partial charge in [-0.05, 0) is 61.5 Å². The molecule has 2 aromatic rings. The van der Waals surface area contributed by atoms with Crippen LogP contribution in [0.3, 0.4) is 0 Å². The first-order chi connectivity index (χ1) is 16.3. The van der Waals surface area contributed by atoms with Crippen molar-refractivity contribution >= 4 is 28.9 Å². The normalized spacial score (nSPS) is 23.2. The Morgan fingerprint density at radius 1 is 1.32 bits per heavy atom. The number of aliphatic hydroxyl groups excluding tert-OH is 2. The van der Waals surface area contributed by atoms with Crippen LogP contribution in [0, 0.1) is 17.8 Å². The Labute approximate surface area is 210 Å². The summed E-state index contributed by atoms with van der Waals surface area (Å²) in [6.07, 6.45) is 6.34. The Hall–Kier alpha value is -1.54. The van der Waals surface area contributed by atoms with Crippen molar-refractivity contribution in [1.29, 1.82) is 0 Å². The molecule has 1 fully saturated rings. The number of unbranched alkanes of at least 4 members (excludes halogenated alkanes) is 2. The zero-order valence-electron chi connectivity index (χ0n) is 19.9. The van der Waals surface area contributed by atoms with Gasteiger partial charge in [-0.2, -0.15) is 4.39 Å². The first-order valence-electron chi connectivity index (χ1n) is 12.2. The minimum absolute atomic E-state index is 0.0329. The van der Waals surface area contributed by atoms with Gasteiger partial charge < -0.3 is 14.9 Å². The number of aryl methyl sites for hydroxylation is 1. The highest BCUT2D eigenvalue weighted by atomic mass is 35.5. The maximum atomic E-state index is 13.9. The van der Waals surface area contributed by atoms with E-state index in [4.69, 9.17) is 11.6 Å². The van der Waals surface area contributed by atoms with Crippen LogP contribution < -0.4 is 0 Å². The van der Waals surface area contributed by atoms with Crippen LogP contribution in [0.4, 0.5) is 4.39 Å². The predicted octanol–water partition coefficient (Wildman–Crippen LogP) is 5.85. The summed E-state index contributed by atoms with van der Waals surface area (Å²) in [7, 11) is 1.22. The van der Waals surface area contributed by atoms with Gasteiger partial charge >= 0.3 is 5.97 Å². The van der Waals surface area contributed by atoms with Crippen LogP contribution in [-0.2, 0) is 17.6 Å². The number of carbonyl (C=O) groups excluding carboxylic acids is 1. The van der Waals surface area contributed by atoms with Crippen LogP contribution >= 0.6 is 22.9 Å². The Morgan fingerprint density at radius 2 is 2.12 bits per heavy atom. The van der Waals surface area contributed by atoms with E-state index in [0.717, 1.165) is 61.0 Å². The van der Waals surface area contributed by atoms with Gasteiger partial charge in [0.15, 0.2) is 4.88 Å². The van der Waals surface area contributed by atoms with E-state index in [9.17, 15) is 19.4 Å². The number of aromatic nitrogens is 1. The molecule has 1 saturated carbocycles. The molecule has 3 rings (SSSR count). The predicted molar refractivity (Wildman–Crippen MR) is 133 cm³/mol. The van der Waals surface area contributed by atoms with Gasteiger partial charge in [0.25, 0.3) is 0 Å².